The highest BCUT2D eigenvalue weighted by Crippen LogP contribution is 2.30. The van der Waals surface area contributed by atoms with E-state index in [0.717, 1.165) is 11.1 Å². The van der Waals surface area contributed by atoms with Crippen LogP contribution in [-0.2, 0) is 11.3 Å². The van der Waals surface area contributed by atoms with Crippen molar-refractivity contribution in [3.05, 3.63) is 63.2 Å². The first kappa shape index (κ1) is 20.8. The van der Waals surface area contributed by atoms with Gasteiger partial charge in [-0.2, -0.15) is 0 Å². The minimum Gasteiger partial charge on any atom is -0.320 e. The molecule has 3 aromatic rings. The Labute approximate surface area is 176 Å². The summed E-state index contributed by atoms with van der Waals surface area (Å²) in [5, 5.41) is 23.3. The summed E-state index contributed by atoms with van der Waals surface area (Å²) in [6.07, 6.45) is 0. The third-order valence-electron chi connectivity index (χ3n) is 4.10. The van der Waals surface area contributed by atoms with Gasteiger partial charge >= 0.3 is 0 Å². The molecule has 1 aromatic heterocycles. The molecule has 0 atom stereocenters. The maximum absolute atomic E-state index is 12.3. The van der Waals surface area contributed by atoms with Crippen molar-refractivity contribution in [3.63, 3.8) is 0 Å². The smallest absolute Gasteiger partial charge is 0.293 e. The number of hydrogen-bond acceptors (Lipinski definition) is 6. The van der Waals surface area contributed by atoms with Crippen molar-refractivity contribution in [1.82, 2.24) is 14.8 Å². The normalized spacial score (nSPS) is 10.7. The van der Waals surface area contributed by atoms with E-state index < -0.39 is 4.92 Å². The number of nitrogens with zero attached hydrogens (tertiary/aromatic N) is 4. The van der Waals surface area contributed by atoms with Crippen LogP contribution in [0, 0.1) is 17.0 Å². The van der Waals surface area contributed by atoms with Gasteiger partial charge in [0.2, 0.25) is 5.91 Å². The molecule has 150 valence electrons. The molecule has 0 aliphatic carbocycles. The number of hydrogen-bond donors (Lipinski definition) is 1. The second kappa shape index (κ2) is 9.06. The van der Waals surface area contributed by atoms with Crippen molar-refractivity contribution in [2.75, 3.05) is 11.1 Å². The van der Waals surface area contributed by atoms with Gasteiger partial charge in [0.05, 0.1) is 15.7 Å². The minimum absolute atomic E-state index is 0.0334. The van der Waals surface area contributed by atoms with Gasteiger partial charge in [0, 0.05) is 18.2 Å². The van der Waals surface area contributed by atoms with Crippen LogP contribution in [0.3, 0.4) is 0 Å². The van der Waals surface area contributed by atoms with Crippen molar-refractivity contribution in [2.45, 2.75) is 25.5 Å². The van der Waals surface area contributed by atoms with Crippen LogP contribution in [0.25, 0.3) is 11.4 Å². The van der Waals surface area contributed by atoms with Crippen molar-refractivity contribution in [3.8, 4) is 11.4 Å². The molecule has 2 aromatic carbocycles. The van der Waals surface area contributed by atoms with Crippen LogP contribution in [0.1, 0.15) is 12.5 Å². The van der Waals surface area contributed by atoms with Gasteiger partial charge in [-0.05, 0) is 37.6 Å². The first-order chi connectivity index (χ1) is 13.9. The van der Waals surface area contributed by atoms with Gasteiger partial charge in [0.25, 0.3) is 5.69 Å². The van der Waals surface area contributed by atoms with E-state index in [2.05, 4.69) is 15.5 Å². The summed E-state index contributed by atoms with van der Waals surface area (Å²) in [5.41, 5.74) is 1.53. The fraction of sp³-hybridized carbons (Fsp3) is 0.211. The molecule has 0 unspecified atom stereocenters. The zero-order valence-corrected chi connectivity index (χ0v) is 17.3. The number of amides is 1. The van der Waals surface area contributed by atoms with E-state index in [1.165, 1.54) is 23.9 Å². The second-order valence-corrected chi connectivity index (χ2v) is 7.49. The quantitative estimate of drug-likeness (QED) is 0.334. The van der Waals surface area contributed by atoms with Crippen molar-refractivity contribution >= 4 is 40.6 Å². The molecule has 1 amide bonds. The maximum Gasteiger partial charge on any atom is 0.293 e. The SMILES string of the molecule is CCn1c(SCC(=O)Nc2ccc(C)cc2[N+](=O)[O-])nnc1-c1ccccc1Cl. The van der Waals surface area contributed by atoms with E-state index in [1.54, 1.807) is 19.1 Å². The predicted molar refractivity (Wildman–Crippen MR) is 113 cm³/mol. The average Bonchev–Trinajstić information content (AvgIpc) is 3.10. The lowest BCUT2D eigenvalue weighted by molar-refractivity contribution is -0.384. The number of nitro benzene ring substituents is 1. The maximum atomic E-state index is 12.3. The molecule has 0 aliphatic rings. The predicted octanol–water partition coefficient (Wildman–Crippen LogP) is 4.57. The first-order valence-corrected chi connectivity index (χ1v) is 10.1. The molecule has 0 bridgehead atoms. The van der Waals surface area contributed by atoms with Gasteiger partial charge in [-0.1, -0.05) is 41.6 Å². The molecule has 1 heterocycles. The highest BCUT2D eigenvalue weighted by atomic mass is 35.5. The highest BCUT2D eigenvalue weighted by molar-refractivity contribution is 7.99. The summed E-state index contributed by atoms with van der Waals surface area (Å²) >= 11 is 7.46. The summed E-state index contributed by atoms with van der Waals surface area (Å²) in [6, 6.07) is 12.0. The number of carbonyl (C=O) groups is 1. The number of rotatable bonds is 7. The number of thioether (sulfide) groups is 1. The Bertz CT molecular complexity index is 1070. The monoisotopic (exact) mass is 431 g/mol. The molecule has 10 heteroatoms. The van der Waals surface area contributed by atoms with Crippen LogP contribution in [0.5, 0.6) is 0 Å². The Morgan fingerprint density at radius 1 is 1.28 bits per heavy atom. The number of benzene rings is 2. The molecule has 0 fully saturated rings. The average molecular weight is 432 g/mol. The van der Waals surface area contributed by atoms with Crippen LogP contribution >= 0.6 is 23.4 Å². The zero-order valence-electron chi connectivity index (χ0n) is 15.8. The van der Waals surface area contributed by atoms with Gasteiger partial charge in [-0.3, -0.25) is 14.9 Å². The molecule has 0 radical (unpaired) electrons. The lowest BCUT2D eigenvalue weighted by Crippen LogP contribution is -2.15. The van der Waals surface area contributed by atoms with E-state index in [0.29, 0.717) is 22.5 Å². The lowest BCUT2D eigenvalue weighted by Gasteiger charge is -2.09. The molecule has 0 spiro atoms. The number of anilines is 1. The second-order valence-electron chi connectivity index (χ2n) is 6.14. The zero-order chi connectivity index (χ0) is 21.0. The molecular weight excluding hydrogens is 414 g/mol. The third-order valence-corrected chi connectivity index (χ3v) is 5.40. The van der Waals surface area contributed by atoms with Crippen LogP contribution in [0.4, 0.5) is 11.4 Å². The summed E-state index contributed by atoms with van der Waals surface area (Å²) in [6.45, 7) is 4.30. The van der Waals surface area contributed by atoms with Gasteiger partial charge in [0.1, 0.15) is 5.69 Å². The molecule has 8 nitrogen and oxygen atoms in total. The first-order valence-electron chi connectivity index (χ1n) is 8.76. The molecule has 29 heavy (non-hydrogen) atoms. The van der Waals surface area contributed by atoms with E-state index in [4.69, 9.17) is 11.6 Å². The Kier molecular flexibility index (Phi) is 6.50. The minimum atomic E-state index is -0.515. The Morgan fingerprint density at radius 3 is 2.72 bits per heavy atom. The van der Waals surface area contributed by atoms with Gasteiger partial charge in [-0.15, -0.1) is 10.2 Å². The van der Waals surface area contributed by atoms with Crippen molar-refractivity contribution < 1.29 is 9.72 Å². The van der Waals surface area contributed by atoms with Crippen LogP contribution in [0.15, 0.2) is 47.6 Å². The topological polar surface area (TPSA) is 103 Å². The van der Waals surface area contributed by atoms with Crippen LogP contribution < -0.4 is 5.32 Å². The van der Waals surface area contributed by atoms with E-state index in [1.807, 2.05) is 29.7 Å². The Balaban J connectivity index is 1.73. The van der Waals surface area contributed by atoms with E-state index in [-0.39, 0.29) is 23.0 Å². The fourth-order valence-corrected chi connectivity index (χ4v) is 3.76. The van der Waals surface area contributed by atoms with Crippen molar-refractivity contribution in [1.29, 1.82) is 0 Å². The number of carbonyl (C=O) groups excluding carboxylic acids is 1. The van der Waals surface area contributed by atoms with E-state index >= 15 is 0 Å². The largest absolute Gasteiger partial charge is 0.320 e. The van der Waals surface area contributed by atoms with Gasteiger partial charge < -0.3 is 9.88 Å². The highest BCUT2D eigenvalue weighted by Gasteiger charge is 2.19. The number of nitro groups is 1. The molecule has 1 N–H and O–H groups in total. The Hall–Kier alpha value is -2.91. The van der Waals surface area contributed by atoms with Gasteiger partial charge in [-0.25, -0.2) is 0 Å². The summed E-state index contributed by atoms with van der Waals surface area (Å²) in [5.74, 6) is 0.285. The van der Waals surface area contributed by atoms with Crippen LogP contribution in [-0.4, -0.2) is 31.3 Å². The molecule has 3 rings (SSSR count). The summed E-state index contributed by atoms with van der Waals surface area (Å²) < 4.78 is 1.87. The number of nitrogens with one attached hydrogen (secondary N) is 1. The third kappa shape index (κ3) is 4.75. The number of aromatic nitrogens is 3. The lowest BCUT2D eigenvalue weighted by atomic mass is 10.2. The van der Waals surface area contributed by atoms with E-state index in [9.17, 15) is 14.9 Å². The number of aryl methyl sites for hydroxylation is 1. The summed E-state index contributed by atoms with van der Waals surface area (Å²) in [7, 11) is 0. The fourth-order valence-electron chi connectivity index (χ4n) is 2.74. The number of halogens is 1. The molecule has 0 saturated carbocycles. The summed E-state index contributed by atoms with van der Waals surface area (Å²) in [4.78, 5) is 23.0. The van der Waals surface area contributed by atoms with Crippen molar-refractivity contribution in [2.24, 2.45) is 0 Å². The van der Waals surface area contributed by atoms with Gasteiger partial charge in [0.15, 0.2) is 11.0 Å². The molecular formula is C19H18ClN5O3S. The van der Waals surface area contributed by atoms with Crippen LogP contribution in [0.2, 0.25) is 5.02 Å². The molecule has 0 saturated heterocycles. The molecule has 0 aliphatic heterocycles. The standard InChI is InChI=1S/C19H18ClN5O3S/c1-3-24-18(13-6-4-5-7-14(13)20)22-23-19(24)29-11-17(26)21-15-9-8-12(2)10-16(15)25(27)28/h4-10H,3,11H2,1-2H3,(H,21,26). The Morgan fingerprint density at radius 2 is 2.03 bits per heavy atom.